The zero-order valence-electron chi connectivity index (χ0n) is 11.0. The lowest BCUT2D eigenvalue weighted by Gasteiger charge is -2.40. The fourth-order valence-electron chi connectivity index (χ4n) is 2.67. The number of aromatic hydroxyl groups is 1. The topological polar surface area (TPSA) is 44.9 Å². The quantitative estimate of drug-likeness (QED) is 0.747. The fourth-order valence-corrected chi connectivity index (χ4v) is 3.97. The Bertz CT molecular complexity index is 411. The molecule has 0 aliphatic carbocycles. The molecule has 3 nitrogen and oxygen atoms in total. The number of aliphatic hydroxyl groups is 1. The summed E-state index contributed by atoms with van der Waals surface area (Å²) < 4.78 is 0. The minimum absolute atomic E-state index is 0.232. The Morgan fingerprint density at radius 1 is 1.44 bits per heavy atom. The molecule has 1 heterocycles. The first kappa shape index (κ1) is 13.7. The third kappa shape index (κ3) is 2.82. The lowest BCUT2D eigenvalue weighted by molar-refractivity contribution is -0.863. The maximum absolute atomic E-state index is 11.0. The van der Waals surface area contributed by atoms with Crippen LogP contribution in [0.5, 0.6) is 5.75 Å². The summed E-state index contributed by atoms with van der Waals surface area (Å²) in [5, 5.41) is 20.6. The third-order valence-electron chi connectivity index (χ3n) is 3.62. The van der Waals surface area contributed by atoms with Crippen molar-refractivity contribution in [1.29, 1.82) is 0 Å². The molecule has 0 aromatic heterocycles. The number of hydrogen-bond donors (Lipinski definition) is 3. The molecule has 1 aliphatic rings. The molecule has 0 unspecified atom stereocenters. The summed E-state index contributed by atoms with van der Waals surface area (Å²) in [6, 6.07) is 7.09. The average Bonchev–Trinajstić information content (AvgIpc) is 2.32. The Kier molecular flexibility index (Phi) is 4.20. The monoisotopic (exact) mass is 268 g/mol. The van der Waals surface area contributed by atoms with Crippen LogP contribution in [0, 0.1) is 5.92 Å². The molecular weight excluding hydrogens is 246 g/mol. The molecule has 0 bridgehead atoms. The van der Waals surface area contributed by atoms with E-state index in [0.717, 1.165) is 30.0 Å². The van der Waals surface area contributed by atoms with Gasteiger partial charge in [0.25, 0.3) is 0 Å². The molecule has 0 saturated carbocycles. The highest BCUT2D eigenvalue weighted by molar-refractivity contribution is 7.99. The first-order chi connectivity index (χ1) is 8.52. The average molecular weight is 268 g/mol. The van der Waals surface area contributed by atoms with Crippen molar-refractivity contribution >= 4 is 11.8 Å². The van der Waals surface area contributed by atoms with Gasteiger partial charge in [0.15, 0.2) is 0 Å². The molecule has 0 spiro atoms. The number of thioether (sulfide) groups is 1. The number of phenolic OH excluding ortho intramolecular Hbond substituents is 1. The van der Waals surface area contributed by atoms with Crippen molar-refractivity contribution in [2.75, 3.05) is 32.1 Å². The van der Waals surface area contributed by atoms with Crippen LogP contribution in [0.25, 0.3) is 0 Å². The van der Waals surface area contributed by atoms with Crippen LogP contribution < -0.4 is 4.90 Å². The summed E-state index contributed by atoms with van der Waals surface area (Å²) in [7, 11) is 4.23. The second kappa shape index (κ2) is 5.51. The minimum atomic E-state index is -0.790. The Hall–Kier alpha value is -0.710. The van der Waals surface area contributed by atoms with E-state index >= 15 is 0 Å². The summed E-state index contributed by atoms with van der Waals surface area (Å²) in [5.74, 6) is 2.43. The van der Waals surface area contributed by atoms with Gasteiger partial charge in [-0.25, -0.2) is 0 Å². The summed E-state index contributed by atoms with van der Waals surface area (Å²) in [6.07, 6.45) is 0.763. The van der Waals surface area contributed by atoms with Crippen LogP contribution in [-0.2, 0) is 5.60 Å². The predicted octanol–water partition coefficient (Wildman–Crippen LogP) is 0.477. The molecule has 1 aromatic carbocycles. The van der Waals surface area contributed by atoms with Gasteiger partial charge in [-0.3, -0.25) is 0 Å². The van der Waals surface area contributed by atoms with Crippen LogP contribution in [0.2, 0.25) is 0 Å². The molecule has 1 aliphatic heterocycles. The fraction of sp³-hybridized carbons (Fsp3) is 0.571. The third-order valence-corrected chi connectivity index (χ3v) is 4.75. The van der Waals surface area contributed by atoms with Crippen LogP contribution in [0.1, 0.15) is 12.0 Å². The normalized spacial score (nSPS) is 28.6. The highest BCUT2D eigenvalue weighted by Gasteiger charge is 2.42. The molecule has 2 rings (SSSR count). The maximum Gasteiger partial charge on any atom is 0.115 e. The van der Waals surface area contributed by atoms with E-state index in [1.54, 1.807) is 12.1 Å². The summed E-state index contributed by atoms with van der Waals surface area (Å²) in [5.41, 5.74) is 0.0652. The van der Waals surface area contributed by atoms with E-state index in [9.17, 15) is 10.2 Å². The van der Waals surface area contributed by atoms with Crippen molar-refractivity contribution in [2.45, 2.75) is 12.0 Å². The van der Waals surface area contributed by atoms with Gasteiger partial charge >= 0.3 is 0 Å². The molecule has 4 heteroatoms. The number of nitrogens with one attached hydrogen (secondary N) is 1. The number of benzene rings is 1. The van der Waals surface area contributed by atoms with Gasteiger partial charge in [-0.1, -0.05) is 12.1 Å². The SMILES string of the molecule is C[NH+](C)C[C@H]1CSCC[C@]1(O)c1cccc(O)c1. The van der Waals surface area contributed by atoms with Gasteiger partial charge in [-0.15, -0.1) is 0 Å². The van der Waals surface area contributed by atoms with Crippen LogP contribution in [0.4, 0.5) is 0 Å². The number of phenols is 1. The molecule has 18 heavy (non-hydrogen) atoms. The molecule has 1 saturated heterocycles. The molecule has 1 fully saturated rings. The number of rotatable bonds is 3. The van der Waals surface area contributed by atoms with E-state index in [1.807, 2.05) is 23.9 Å². The Labute approximate surface area is 113 Å². The predicted molar refractivity (Wildman–Crippen MR) is 75.1 cm³/mol. The van der Waals surface area contributed by atoms with E-state index in [4.69, 9.17) is 0 Å². The van der Waals surface area contributed by atoms with Gasteiger partial charge in [0.05, 0.1) is 32.2 Å². The van der Waals surface area contributed by atoms with Crippen LogP contribution in [-0.4, -0.2) is 42.4 Å². The largest absolute Gasteiger partial charge is 0.508 e. The highest BCUT2D eigenvalue weighted by atomic mass is 32.2. The molecule has 3 N–H and O–H groups in total. The smallest absolute Gasteiger partial charge is 0.115 e. The van der Waals surface area contributed by atoms with Gasteiger partial charge in [0.2, 0.25) is 0 Å². The maximum atomic E-state index is 11.0. The van der Waals surface area contributed by atoms with Gasteiger partial charge in [0.1, 0.15) is 5.75 Å². The van der Waals surface area contributed by atoms with E-state index < -0.39 is 5.60 Å². The molecule has 1 aromatic rings. The first-order valence-corrected chi connectivity index (χ1v) is 7.56. The lowest BCUT2D eigenvalue weighted by atomic mass is 9.79. The Morgan fingerprint density at radius 2 is 2.22 bits per heavy atom. The van der Waals surface area contributed by atoms with Gasteiger partial charge < -0.3 is 15.1 Å². The Morgan fingerprint density at radius 3 is 2.89 bits per heavy atom. The zero-order chi connectivity index (χ0) is 13.2. The summed E-state index contributed by atoms with van der Waals surface area (Å²) in [6.45, 7) is 0.944. The van der Waals surface area contributed by atoms with E-state index in [1.165, 1.54) is 4.90 Å². The summed E-state index contributed by atoms with van der Waals surface area (Å²) in [4.78, 5) is 1.35. The van der Waals surface area contributed by atoms with Gasteiger partial charge in [0, 0.05) is 5.75 Å². The second-order valence-corrected chi connectivity index (χ2v) is 6.56. The minimum Gasteiger partial charge on any atom is -0.508 e. The first-order valence-electron chi connectivity index (χ1n) is 6.41. The van der Waals surface area contributed by atoms with Crippen LogP contribution >= 0.6 is 11.8 Å². The molecule has 0 amide bonds. The summed E-state index contributed by atoms with van der Waals surface area (Å²) >= 11 is 1.91. The zero-order valence-corrected chi connectivity index (χ0v) is 11.8. The van der Waals surface area contributed by atoms with Crippen molar-refractivity contribution in [3.63, 3.8) is 0 Å². The van der Waals surface area contributed by atoms with Crippen molar-refractivity contribution in [3.05, 3.63) is 29.8 Å². The number of quaternary nitrogens is 1. The van der Waals surface area contributed by atoms with Gasteiger partial charge in [-0.05, 0) is 29.9 Å². The van der Waals surface area contributed by atoms with E-state index in [0.29, 0.717) is 0 Å². The highest BCUT2D eigenvalue weighted by Crippen LogP contribution is 2.40. The molecule has 0 radical (unpaired) electrons. The standard InChI is InChI=1S/C14H21NO2S/c1-15(2)9-12-10-18-7-6-14(12,17)11-4-3-5-13(16)8-11/h3-5,8,12,16-17H,6-7,9-10H2,1-2H3/p+1/t12-,14-/m0/s1. The van der Waals surface area contributed by atoms with Crippen molar-refractivity contribution in [1.82, 2.24) is 0 Å². The molecule has 100 valence electrons. The Balaban J connectivity index is 2.29. The number of hydrogen-bond acceptors (Lipinski definition) is 3. The van der Waals surface area contributed by atoms with Crippen LogP contribution in [0.15, 0.2) is 24.3 Å². The van der Waals surface area contributed by atoms with Crippen molar-refractivity contribution < 1.29 is 15.1 Å². The van der Waals surface area contributed by atoms with Crippen molar-refractivity contribution in [3.8, 4) is 5.75 Å². The molecule has 2 atom stereocenters. The van der Waals surface area contributed by atoms with Crippen molar-refractivity contribution in [2.24, 2.45) is 5.92 Å². The van der Waals surface area contributed by atoms with E-state index in [2.05, 4.69) is 14.1 Å². The lowest BCUT2D eigenvalue weighted by Crippen LogP contribution is -3.07. The van der Waals surface area contributed by atoms with Gasteiger partial charge in [-0.2, -0.15) is 11.8 Å². The van der Waals surface area contributed by atoms with Crippen LogP contribution in [0.3, 0.4) is 0 Å². The second-order valence-electron chi connectivity index (χ2n) is 5.41. The molecular formula is C14H22NO2S+. The van der Waals surface area contributed by atoms with E-state index in [-0.39, 0.29) is 11.7 Å².